The molecule has 18 atom stereocenters. The van der Waals surface area contributed by atoms with Gasteiger partial charge in [0.15, 0.2) is 12.6 Å². The summed E-state index contributed by atoms with van der Waals surface area (Å²) in [7, 11) is 0. The van der Waals surface area contributed by atoms with Crippen molar-refractivity contribution in [3.63, 3.8) is 0 Å². The minimum Gasteiger partial charge on any atom is -0.481 e. The van der Waals surface area contributed by atoms with E-state index in [0.29, 0.717) is 18.8 Å². The highest BCUT2D eigenvalue weighted by molar-refractivity contribution is 5.76. The quantitative estimate of drug-likeness (QED) is 0.155. The van der Waals surface area contributed by atoms with Gasteiger partial charge in [0.2, 0.25) is 0 Å². The fraction of sp³-hybridized carbons (Fsp3) is 0.927. The predicted octanol–water partition coefficient (Wildman–Crippen LogP) is 3.52. The van der Waals surface area contributed by atoms with Crippen molar-refractivity contribution < 1.29 is 59.5 Å². The van der Waals surface area contributed by atoms with E-state index in [1.165, 1.54) is 12.5 Å². The smallest absolute Gasteiger partial charge is 0.310 e. The Kier molecular flexibility index (Phi) is 10.2. The summed E-state index contributed by atoms with van der Waals surface area (Å²) in [5.41, 5.74) is -0.239. The van der Waals surface area contributed by atoms with Gasteiger partial charge in [-0.3, -0.25) is 4.79 Å². The molecule has 6 fully saturated rings. The van der Waals surface area contributed by atoms with Crippen LogP contribution in [0.1, 0.15) is 113 Å². The maximum atomic E-state index is 13.0. The highest BCUT2D eigenvalue weighted by Gasteiger charge is 2.70. The second kappa shape index (κ2) is 13.5. The molecule has 4 saturated carbocycles. The number of carboxylic acids is 1. The van der Waals surface area contributed by atoms with Gasteiger partial charge in [-0.2, -0.15) is 0 Å². The van der Waals surface area contributed by atoms with E-state index in [2.05, 4.69) is 47.6 Å². The molecule has 12 heteroatoms. The summed E-state index contributed by atoms with van der Waals surface area (Å²) < 4.78 is 24.3. The molecule has 7 aliphatic rings. The number of rotatable bonds is 6. The van der Waals surface area contributed by atoms with Gasteiger partial charge in [-0.25, -0.2) is 0 Å². The maximum absolute atomic E-state index is 13.0. The van der Waals surface area contributed by atoms with Crippen molar-refractivity contribution in [2.45, 2.75) is 174 Å². The van der Waals surface area contributed by atoms with Crippen LogP contribution >= 0.6 is 0 Å². The molecule has 7 rings (SSSR count). The lowest BCUT2D eigenvalue weighted by molar-refractivity contribution is -0.365. The van der Waals surface area contributed by atoms with Crippen molar-refractivity contribution in [2.75, 3.05) is 13.2 Å². The predicted molar refractivity (Wildman–Crippen MR) is 192 cm³/mol. The molecular weight excluding hydrogens is 684 g/mol. The lowest BCUT2D eigenvalue weighted by Gasteiger charge is -2.71. The SMILES string of the molecule is CC1O[C@H](OC2C(O)C(O)CO[C@H]2OC2CC[C@@]3(C)[C@@H](CC[C@]4(C)[C@H]3CC=C3[C@@H]5CC(C)(C)CC[C@]5(C(=O)O)CC[C@]34C)[C@]2(C)CO)C(O)C(O)C1O. The third-order valence-electron chi connectivity index (χ3n) is 17.0. The van der Waals surface area contributed by atoms with E-state index in [1.54, 1.807) is 0 Å². The summed E-state index contributed by atoms with van der Waals surface area (Å²) in [5.74, 6) is -0.194. The van der Waals surface area contributed by atoms with Gasteiger partial charge in [0.25, 0.3) is 0 Å². The molecule has 2 aliphatic heterocycles. The highest BCUT2D eigenvalue weighted by atomic mass is 16.8. The molecule has 0 radical (unpaired) electrons. The summed E-state index contributed by atoms with van der Waals surface area (Å²) in [6.07, 6.45) is -1.79. The van der Waals surface area contributed by atoms with Crippen LogP contribution < -0.4 is 0 Å². The Hall–Kier alpha value is -1.19. The molecule has 0 amide bonds. The largest absolute Gasteiger partial charge is 0.481 e. The number of aliphatic hydroxyl groups is 6. The van der Waals surface area contributed by atoms with Gasteiger partial charge < -0.3 is 54.7 Å². The van der Waals surface area contributed by atoms with Crippen molar-refractivity contribution in [1.29, 1.82) is 0 Å². The lowest BCUT2D eigenvalue weighted by Crippen LogP contribution is -2.67. The molecule has 0 spiro atoms. The van der Waals surface area contributed by atoms with E-state index >= 15 is 0 Å². The summed E-state index contributed by atoms with van der Waals surface area (Å²) in [6, 6.07) is 0. The molecule has 2 saturated heterocycles. The number of allylic oxidation sites excluding steroid dienone is 2. The molecule has 8 unspecified atom stereocenters. The zero-order chi connectivity index (χ0) is 38.7. The number of ether oxygens (including phenoxy) is 4. The summed E-state index contributed by atoms with van der Waals surface area (Å²) >= 11 is 0. The molecule has 0 aromatic heterocycles. The third-order valence-corrected chi connectivity index (χ3v) is 17.0. The summed E-state index contributed by atoms with van der Waals surface area (Å²) in [5, 5.41) is 74.9. The van der Waals surface area contributed by atoms with Gasteiger partial charge in [0.05, 0.1) is 30.8 Å². The normalized spacial score (nSPS) is 55.1. The monoisotopic (exact) mass is 750 g/mol. The number of carbonyl (C=O) groups is 1. The molecular formula is C41H66O12. The fourth-order valence-corrected chi connectivity index (χ4v) is 13.3. The average Bonchev–Trinajstić information content (AvgIpc) is 3.10. The van der Waals surface area contributed by atoms with Gasteiger partial charge >= 0.3 is 5.97 Å². The van der Waals surface area contributed by atoms with Gasteiger partial charge in [0.1, 0.15) is 36.6 Å². The Morgan fingerprint density at radius 3 is 2.21 bits per heavy atom. The summed E-state index contributed by atoms with van der Waals surface area (Å²) in [6.45, 7) is 15.1. The number of hydrogen-bond donors (Lipinski definition) is 7. The highest BCUT2D eigenvalue weighted by Crippen LogP contribution is 2.76. The van der Waals surface area contributed by atoms with Crippen LogP contribution in [0.2, 0.25) is 0 Å². The van der Waals surface area contributed by atoms with E-state index in [1.807, 2.05) is 0 Å². The zero-order valence-electron chi connectivity index (χ0n) is 32.7. The van der Waals surface area contributed by atoms with E-state index in [4.69, 9.17) is 18.9 Å². The van der Waals surface area contributed by atoms with Crippen molar-refractivity contribution in [2.24, 2.45) is 50.2 Å². The van der Waals surface area contributed by atoms with Crippen molar-refractivity contribution in [3.05, 3.63) is 11.6 Å². The summed E-state index contributed by atoms with van der Waals surface area (Å²) in [4.78, 5) is 13.0. The number of hydrogen-bond acceptors (Lipinski definition) is 11. The molecule has 302 valence electrons. The number of fused-ring (bicyclic) bond motifs is 7. The van der Waals surface area contributed by atoms with E-state index in [-0.39, 0.29) is 46.7 Å². The van der Waals surface area contributed by atoms with Crippen molar-refractivity contribution in [1.82, 2.24) is 0 Å². The molecule has 53 heavy (non-hydrogen) atoms. The van der Waals surface area contributed by atoms with E-state index < -0.39 is 78.2 Å². The van der Waals surface area contributed by atoms with Crippen LogP contribution in [0.3, 0.4) is 0 Å². The standard InChI is InChI=1S/C41H66O12/c1-21-28(44)30(46)31(47)33(51-21)53-32-29(45)24(43)19-50-34(32)52-27-11-12-37(4)25(38(27,5)20-42)10-13-40(7)26(37)9-8-22-23-18-36(2,3)14-16-41(23,35(48)49)17-15-39(22,40)6/h8,21,23-34,42-47H,9-20H2,1-7H3,(H,48,49)/t21?,23-,24?,25+,26-,27?,28?,29?,30?,31?,32?,33+,34-,37-,38-,39+,40+,41-/m0/s1. The minimum atomic E-state index is -1.62. The van der Waals surface area contributed by atoms with Crippen LogP contribution in [0.15, 0.2) is 11.6 Å². The Labute approximate surface area is 314 Å². The second-order valence-corrected chi connectivity index (χ2v) is 20.0. The first kappa shape index (κ1) is 40.0. The molecule has 5 aliphatic carbocycles. The Morgan fingerprint density at radius 2 is 1.53 bits per heavy atom. The number of aliphatic carboxylic acids is 1. The van der Waals surface area contributed by atoms with E-state index in [0.717, 1.165) is 51.4 Å². The Balaban J connectivity index is 1.15. The maximum Gasteiger partial charge on any atom is 0.310 e. The van der Waals surface area contributed by atoms with Crippen LogP contribution in [-0.2, 0) is 23.7 Å². The van der Waals surface area contributed by atoms with Gasteiger partial charge in [-0.05, 0) is 111 Å². The molecule has 12 nitrogen and oxygen atoms in total. The molecule has 7 N–H and O–H groups in total. The molecule has 0 aromatic carbocycles. The molecule has 0 aromatic rings. The fourth-order valence-electron chi connectivity index (χ4n) is 13.3. The Morgan fingerprint density at radius 1 is 0.830 bits per heavy atom. The molecule has 0 bridgehead atoms. The van der Waals surface area contributed by atoms with Crippen LogP contribution in [-0.4, -0.2) is 116 Å². The average molecular weight is 751 g/mol. The lowest BCUT2D eigenvalue weighted by atomic mass is 9.33. The number of aliphatic hydroxyl groups excluding tert-OH is 6. The van der Waals surface area contributed by atoms with Crippen LogP contribution in [0, 0.1) is 50.2 Å². The van der Waals surface area contributed by atoms with Crippen LogP contribution in [0.4, 0.5) is 0 Å². The topological polar surface area (TPSA) is 196 Å². The van der Waals surface area contributed by atoms with Crippen molar-refractivity contribution in [3.8, 4) is 0 Å². The van der Waals surface area contributed by atoms with Crippen LogP contribution in [0.25, 0.3) is 0 Å². The van der Waals surface area contributed by atoms with Gasteiger partial charge in [-0.15, -0.1) is 0 Å². The van der Waals surface area contributed by atoms with Crippen molar-refractivity contribution >= 4 is 5.97 Å². The zero-order valence-corrected chi connectivity index (χ0v) is 32.7. The minimum absolute atomic E-state index is 0.0360. The van der Waals surface area contributed by atoms with Gasteiger partial charge in [-0.1, -0.05) is 53.2 Å². The van der Waals surface area contributed by atoms with E-state index in [9.17, 15) is 40.5 Å². The Bertz CT molecular complexity index is 1440. The number of carboxylic acid groups (broad SMARTS) is 1. The second-order valence-electron chi connectivity index (χ2n) is 20.0. The first-order valence-electron chi connectivity index (χ1n) is 20.2. The first-order valence-corrected chi connectivity index (χ1v) is 20.2. The van der Waals surface area contributed by atoms with Crippen LogP contribution in [0.5, 0.6) is 0 Å². The molecule has 2 heterocycles. The third kappa shape index (κ3) is 5.85. The first-order chi connectivity index (χ1) is 24.7. The van der Waals surface area contributed by atoms with Gasteiger partial charge in [0, 0.05) is 5.41 Å².